The number of aliphatic hydroxyl groups is 2. The fourth-order valence-electron chi connectivity index (χ4n) is 3.66. The Hall–Kier alpha value is -3.56. The number of amides is 1. The highest BCUT2D eigenvalue weighted by atomic mass is 16.7. The largest absolute Gasteiger partial charge is 0.385 e. The summed E-state index contributed by atoms with van der Waals surface area (Å²) >= 11 is 0. The van der Waals surface area contributed by atoms with Crippen molar-refractivity contribution in [1.82, 2.24) is 24.4 Å². The van der Waals surface area contributed by atoms with Gasteiger partial charge in [-0.3, -0.25) is 14.2 Å². The monoisotopic (exact) mass is 464 g/mol. The van der Waals surface area contributed by atoms with Crippen molar-refractivity contribution < 1.29 is 24.6 Å². The lowest BCUT2D eigenvalue weighted by Crippen LogP contribution is -2.43. The zero-order valence-corrected chi connectivity index (χ0v) is 18.4. The molecule has 2 aromatic heterocycles. The molecule has 0 unspecified atom stereocenters. The highest BCUT2D eigenvalue weighted by molar-refractivity contribution is 5.83. The van der Waals surface area contributed by atoms with Gasteiger partial charge < -0.3 is 19.8 Å². The van der Waals surface area contributed by atoms with Gasteiger partial charge in [-0.2, -0.15) is 4.98 Å². The van der Waals surface area contributed by atoms with E-state index in [1.807, 2.05) is 30.3 Å². The van der Waals surface area contributed by atoms with Crippen LogP contribution in [0.25, 0.3) is 11.2 Å². The predicted octanol–water partition coefficient (Wildman–Crippen LogP) is 0.787. The molecular formula is C23H24N6O5. The Balaban J connectivity index is 1.53. The molecular weight excluding hydrogens is 440 g/mol. The number of carbonyl (C=O) groups excluding carboxylic acids is 1. The van der Waals surface area contributed by atoms with Crippen LogP contribution in [0.3, 0.4) is 0 Å². The molecule has 176 valence electrons. The van der Waals surface area contributed by atoms with Crippen molar-refractivity contribution in [3.05, 3.63) is 48.0 Å². The first kappa shape index (κ1) is 22.2. The lowest BCUT2D eigenvalue weighted by atomic mass is 10.2. The maximum atomic E-state index is 11.4. The fraction of sp³-hybridized carbons (Fsp3) is 0.391. The van der Waals surface area contributed by atoms with E-state index in [1.54, 1.807) is 6.92 Å². The van der Waals surface area contributed by atoms with E-state index in [0.29, 0.717) is 29.9 Å². The average Bonchev–Trinajstić information content (AvgIpc) is 3.54. The Labute approximate surface area is 195 Å². The molecule has 11 nitrogen and oxygen atoms in total. The van der Waals surface area contributed by atoms with Gasteiger partial charge in [0, 0.05) is 12.1 Å². The zero-order chi connectivity index (χ0) is 23.7. The van der Waals surface area contributed by atoms with Gasteiger partial charge in [-0.25, -0.2) is 15.4 Å². The van der Waals surface area contributed by atoms with Crippen LogP contribution in [-0.4, -0.2) is 72.1 Å². The molecule has 1 aliphatic carbocycles. The number of hydrogen-bond donors (Lipinski definition) is 3. The number of ether oxygens (including phenoxy) is 1. The molecule has 2 aliphatic rings. The van der Waals surface area contributed by atoms with Crippen LogP contribution in [-0.2, 0) is 14.4 Å². The van der Waals surface area contributed by atoms with Crippen LogP contribution < -0.4 is 5.48 Å². The Morgan fingerprint density at radius 3 is 2.74 bits per heavy atom. The van der Waals surface area contributed by atoms with E-state index < -0.39 is 24.7 Å². The summed E-state index contributed by atoms with van der Waals surface area (Å²) < 4.78 is 7.37. The number of nitrogens with zero attached hydrogens (tertiary/aromatic N) is 5. The fourth-order valence-corrected chi connectivity index (χ4v) is 3.66. The molecule has 0 bridgehead atoms. The van der Waals surface area contributed by atoms with Crippen molar-refractivity contribution >= 4 is 23.4 Å². The number of aromatic nitrogens is 4. The highest BCUT2D eigenvalue weighted by Gasteiger charge is 2.46. The Morgan fingerprint density at radius 1 is 1.24 bits per heavy atom. The molecule has 0 spiro atoms. The van der Waals surface area contributed by atoms with E-state index in [9.17, 15) is 15.0 Å². The second kappa shape index (κ2) is 9.36. The Kier molecular flexibility index (Phi) is 6.12. The standard InChI is InChI=1S/C23H24N6O5/c1-2-28(13-30)22-18(31)19(32)23(33-22)29-12-24-17-20(27-34-15-9-10-15)25-16(26-21(17)29)11-8-14-6-4-3-5-7-14/h3-7,12-13,15,18-19,22-23,31-32H,2,9-10H2,1H3,(H,25,26,27)/t18-,19+,22-,23+/m0/s1. The van der Waals surface area contributed by atoms with E-state index in [4.69, 9.17) is 9.57 Å². The third kappa shape index (κ3) is 4.32. The SMILES string of the molecule is CCN(C=O)[C@H]1O[C@@H](n2cnc3c(NOC4CC4)nc(C#Cc4ccccc4)nc32)[C@H](O)[C@@H]1O. The lowest BCUT2D eigenvalue weighted by Gasteiger charge is -2.25. The highest BCUT2D eigenvalue weighted by Crippen LogP contribution is 2.34. The lowest BCUT2D eigenvalue weighted by molar-refractivity contribution is -0.141. The van der Waals surface area contributed by atoms with Gasteiger partial charge in [0.25, 0.3) is 0 Å². The Morgan fingerprint density at radius 2 is 2.03 bits per heavy atom. The molecule has 0 radical (unpaired) electrons. The minimum absolute atomic E-state index is 0.116. The number of rotatable bonds is 7. The number of aliphatic hydroxyl groups excluding tert-OH is 2. The molecule has 1 aromatic carbocycles. The van der Waals surface area contributed by atoms with Crippen molar-refractivity contribution in [3.8, 4) is 11.8 Å². The molecule has 2 fully saturated rings. The normalized spacial score (nSPS) is 24.0. The van der Waals surface area contributed by atoms with Crippen molar-refractivity contribution in [2.75, 3.05) is 12.0 Å². The molecule has 34 heavy (non-hydrogen) atoms. The molecule has 1 saturated heterocycles. The third-order valence-corrected chi connectivity index (χ3v) is 5.68. The Bertz CT molecular complexity index is 1240. The van der Waals surface area contributed by atoms with Crippen LogP contribution in [0.5, 0.6) is 0 Å². The topological polar surface area (TPSA) is 135 Å². The quantitative estimate of drug-likeness (QED) is 0.263. The van der Waals surface area contributed by atoms with Gasteiger partial charge in [0.1, 0.15) is 12.2 Å². The van der Waals surface area contributed by atoms with Gasteiger partial charge in [0.05, 0.1) is 12.4 Å². The van der Waals surface area contributed by atoms with Gasteiger partial charge in [0.2, 0.25) is 12.2 Å². The van der Waals surface area contributed by atoms with Crippen LogP contribution in [0.1, 0.15) is 37.4 Å². The number of carbonyl (C=O) groups is 1. The van der Waals surface area contributed by atoms with Crippen LogP contribution in [0.2, 0.25) is 0 Å². The maximum absolute atomic E-state index is 11.4. The molecule has 3 heterocycles. The van der Waals surface area contributed by atoms with Gasteiger partial charge in [-0.15, -0.1) is 0 Å². The van der Waals surface area contributed by atoms with Gasteiger partial charge in [-0.1, -0.05) is 24.1 Å². The van der Waals surface area contributed by atoms with Crippen LogP contribution in [0.4, 0.5) is 5.82 Å². The summed E-state index contributed by atoms with van der Waals surface area (Å²) in [5.41, 5.74) is 4.38. The van der Waals surface area contributed by atoms with Gasteiger partial charge >= 0.3 is 0 Å². The number of benzene rings is 1. The number of likely N-dealkylation sites (N-methyl/N-ethyl adjacent to an activating group) is 1. The number of fused-ring (bicyclic) bond motifs is 1. The van der Waals surface area contributed by atoms with Gasteiger partial charge in [-0.05, 0) is 37.8 Å². The van der Waals surface area contributed by atoms with Crippen LogP contribution in [0.15, 0.2) is 36.7 Å². The molecule has 5 rings (SSSR count). The molecule has 3 N–H and O–H groups in total. The molecule has 1 aliphatic heterocycles. The first-order valence-electron chi connectivity index (χ1n) is 11.0. The number of imidazole rings is 1. The molecule has 4 atom stereocenters. The molecule has 1 amide bonds. The summed E-state index contributed by atoms with van der Waals surface area (Å²) in [6, 6.07) is 9.43. The summed E-state index contributed by atoms with van der Waals surface area (Å²) in [6.45, 7) is 2.06. The first-order valence-corrected chi connectivity index (χ1v) is 11.0. The van der Waals surface area contributed by atoms with Crippen LogP contribution in [0, 0.1) is 11.8 Å². The zero-order valence-electron chi connectivity index (χ0n) is 18.4. The second-order valence-corrected chi connectivity index (χ2v) is 8.09. The van der Waals surface area contributed by atoms with Gasteiger partial charge in [0.15, 0.2) is 29.4 Å². The minimum atomic E-state index is -1.32. The minimum Gasteiger partial charge on any atom is -0.385 e. The van der Waals surface area contributed by atoms with Crippen molar-refractivity contribution in [3.63, 3.8) is 0 Å². The van der Waals surface area contributed by atoms with E-state index in [0.717, 1.165) is 18.4 Å². The van der Waals surface area contributed by atoms with Crippen molar-refractivity contribution in [2.45, 2.75) is 50.5 Å². The van der Waals surface area contributed by atoms with E-state index in [-0.39, 0.29) is 11.9 Å². The first-order chi connectivity index (χ1) is 16.6. The second-order valence-electron chi connectivity index (χ2n) is 8.09. The third-order valence-electron chi connectivity index (χ3n) is 5.68. The maximum Gasteiger partial charge on any atom is 0.211 e. The van der Waals surface area contributed by atoms with E-state index in [2.05, 4.69) is 32.3 Å². The molecule has 11 heteroatoms. The smallest absolute Gasteiger partial charge is 0.211 e. The van der Waals surface area contributed by atoms with E-state index >= 15 is 0 Å². The van der Waals surface area contributed by atoms with E-state index in [1.165, 1.54) is 15.8 Å². The van der Waals surface area contributed by atoms with Crippen molar-refractivity contribution in [1.29, 1.82) is 0 Å². The summed E-state index contributed by atoms with van der Waals surface area (Å²) in [5, 5.41) is 21.2. The number of hydrogen-bond acceptors (Lipinski definition) is 9. The summed E-state index contributed by atoms with van der Waals surface area (Å²) in [7, 11) is 0. The average molecular weight is 464 g/mol. The number of anilines is 1. The summed E-state index contributed by atoms with van der Waals surface area (Å²) in [4.78, 5) is 31.6. The molecule has 1 saturated carbocycles. The molecule has 3 aromatic rings. The van der Waals surface area contributed by atoms with Crippen LogP contribution >= 0.6 is 0 Å². The number of nitrogens with one attached hydrogen (secondary N) is 1. The summed E-state index contributed by atoms with van der Waals surface area (Å²) in [5.74, 6) is 6.53. The summed E-state index contributed by atoms with van der Waals surface area (Å²) in [6.07, 6.45) is -0.597. The predicted molar refractivity (Wildman–Crippen MR) is 120 cm³/mol. The van der Waals surface area contributed by atoms with Crippen molar-refractivity contribution in [2.24, 2.45) is 0 Å².